The van der Waals surface area contributed by atoms with Crippen molar-refractivity contribution in [1.29, 1.82) is 0 Å². The van der Waals surface area contributed by atoms with Crippen molar-refractivity contribution in [2.45, 2.75) is 53.6 Å². The number of ether oxygens (including phenoxy) is 2. The summed E-state index contributed by atoms with van der Waals surface area (Å²) in [4.78, 5) is 15.9. The molecule has 0 saturated carbocycles. The lowest BCUT2D eigenvalue weighted by Crippen LogP contribution is -2.20. The monoisotopic (exact) mass is 414 g/mol. The van der Waals surface area contributed by atoms with Gasteiger partial charge in [-0.3, -0.25) is 4.79 Å². The smallest absolute Gasteiger partial charge is 0.260 e. The minimum atomic E-state index is -1.71. The number of hydrogen-bond donors (Lipinski definition) is 2. The number of benzene rings is 1. The van der Waals surface area contributed by atoms with Crippen molar-refractivity contribution < 1.29 is 23.8 Å². The van der Waals surface area contributed by atoms with Crippen molar-refractivity contribution in [2.24, 2.45) is 5.73 Å². The maximum absolute atomic E-state index is 14.5. The van der Waals surface area contributed by atoms with E-state index in [1.54, 1.807) is 13.0 Å². The van der Waals surface area contributed by atoms with Crippen molar-refractivity contribution in [3.63, 3.8) is 0 Å². The van der Waals surface area contributed by atoms with Crippen LogP contribution in [0.4, 0.5) is 4.39 Å². The minimum Gasteiger partial charge on any atom is -0.508 e. The number of phenols is 1. The molecule has 160 valence electrons. The SMILES string of the molecule is CC1=C(C(N)=O)c2c(C(C)(C)F)nc3c(c2C1)OCO3.Cc1ccc(O)c(C)c1C. The Morgan fingerprint density at radius 2 is 1.83 bits per heavy atom. The summed E-state index contributed by atoms with van der Waals surface area (Å²) in [6, 6.07) is 3.66. The number of primary amides is 1. The predicted octanol–water partition coefficient (Wildman–Crippen LogP) is 4.15. The molecule has 1 aromatic carbocycles. The lowest BCUT2D eigenvalue weighted by atomic mass is 9.94. The van der Waals surface area contributed by atoms with Crippen LogP contribution in [0, 0.1) is 20.8 Å². The standard InChI is InChI=1S/C14H15FN2O3.C9H12O/c1-6-4-7-9(8(6)12(16)18)11(14(2,3)15)17-13-10(7)19-5-20-13;1-6-4-5-9(10)8(3)7(6)2/h4-5H2,1-3H3,(H2,16,18);4-5,10H,1-3H3. The highest BCUT2D eigenvalue weighted by Crippen LogP contribution is 2.48. The third-order valence-corrected chi connectivity index (χ3v) is 5.58. The molecule has 2 aromatic rings. The quantitative estimate of drug-likeness (QED) is 0.770. The zero-order valence-electron chi connectivity index (χ0n) is 18.1. The van der Waals surface area contributed by atoms with E-state index in [2.05, 4.69) is 4.98 Å². The van der Waals surface area contributed by atoms with E-state index in [4.69, 9.17) is 15.2 Å². The molecule has 1 aromatic heterocycles. The number of alkyl halides is 1. The molecule has 1 aliphatic carbocycles. The fraction of sp³-hybridized carbons (Fsp3) is 0.391. The van der Waals surface area contributed by atoms with Crippen LogP contribution in [0.15, 0.2) is 17.7 Å². The van der Waals surface area contributed by atoms with E-state index in [1.807, 2.05) is 26.8 Å². The fourth-order valence-electron chi connectivity index (χ4n) is 3.70. The number of carbonyl (C=O) groups is 1. The number of amides is 1. The number of fused-ring (bicyclic) bond motifs is 3. The second-order valence-electron chi connectivity index (χ2n) is 8.18. The summed E-state index contributed by atoms with van der Waals surface area (Å²) >= 11 is 0. The summed E-state index contributed by atoms with van der Waals surface area (Å²) in [5, 5.41) is 9.22. The number of nitrogens with zero attached hydrogens (tertiary/aromatic N) is 1. The van der Waals surface area contributed by atoms with Crippen LogP contribution in [0.25, 0.3) is 5.57 Å². The highest BCUT2D eigenvalue weighted by Gasteiger charge is 2.38. The van der Waals surface area contributed by atoms with Crippen LogP contribution in [0.1, 0.15) is 54.3 Å². The highest BCUT2D eigenvalue weighted by atomic mass is 19.1. The van der Waals surface area contributed by atoms with Crippen LogP contribution in [-0.2, 0) is 16.9 Å². The second-order valence-corrected chi connectivity index (χ2v) is 8.18. The molecule has 0 unspecified atom stereocenters. The van der Waals surface area contributed by atoms with E-state index in [0.29, 0.717) is 29.1 Å². The molecule has 0 bridgehead atoms. The molecule has 2 aliphatic rings. The summed E-state index contributed by atoms with van der Waals surface area (Å²) in [6.07, 6.45) is 0.491. The highest BCUT2D eigenvalue weighted by molar-refractivity contribution is 6.22. The second kappa shape index (κ2) is 7.63. The number of aromatic nitrogens is 1. The first kappa shape index (κ1) is 21.6. The maximum atomic E-state index is 14.5. The number of carbonyl (C=O) groups excluding carboxylic acids is 1. The van der Waals surface area contributed by atoms with Gasteiger partial charge in [-0.2, -0.15) is 0 Å². The number of phenolic OH excluding ortho intramolecular Hbond substituents is 1. The van der Waals surface area contributed by atoms with Crippen molar-refractivity contribution in [1.82, 2.24) is 4.98 Å². The Balaban J connectivity index is 0.000000216. The van der Waals surface area contributed by atoms with Crippen LogP contribution >= 0.6 is 0 Å². The molecule has 1 amide bonds. The van der Waals surface area contributed by atoms with Gasteiger partial charge in [-0.15, -0.1) is 0 Å². The van der Waals surface area contributed by atoms with Crippen molar-refractivity contribution in [2.75, 3.05) is 6.79 Å². The van der Waals surface area contributed by atoms with Gasteiger partial charge in [0.15, 0.2) is 5.75 Å². The number of rotatable bonds is 2. The van der Waals surface area contributed by atoms with E-state index in [9.17, 15) is 14.3 Å². The zero-order valence-corrected chi connectivity index (χ0v) is 18.1. The minimum absolute atomic E-state index is 0.0515. The van der Waals surface area contributed by atoms with Crippen LogP contribution in [0.2, 0.25) is 0 Å². The molecule has 4 rings (SSSR count). The molecule has 1 aliphatic heterocycles. The van der Waals surface area contributed by atoms with Gasteiger partial charge in [0.05, 0.1) is 5.69 Å². The normalized spacial score (nSPS) is 14.4. The van der Waals surface area contributed by atoms with E-state index in [-0.39, 0.29) is 18.4 Å². The third kappa shape index (κ3) is 3.72. The predicted molar refractivity (Wildman–Crippen MR) is 112 cm³/mol. The lowest BCUT2D eigenvalue weighted by Gasteiger charge is -2.19. The largest absolute Gasteiger partial charge is 0.508 e. The van der Waals surface area contributed by atoms with E-state index >= 15 is 0 Å². The number of aryl methyl sites for hydroxylation is 1. The first-order valence-electron chi connectivity index (χ1n) is 9.71. The number of allylic oxidation sites excluding steroid dienone is 1. The van der Waals surface area contributed by atoms with Gasteiger partial charge in [0.25, 0.3) is 5.88 Å². The average molecular weight is 414 g/mol. The van der Waals surface area contributed by atoms with Crippen molar-refractivity contribution >= 4 is 11.5 Å². The van der Waals surface area contributed by atoms with Gasteiger partial charge >= 0.3 is 0 Å². The first-order chi connectivity index (χ1) is 13.9. The molecule has 6 nitrogen and oxygen atoms in total. The summed E-state index contributed by atoms with van der Waals surface area (Å²) in [5.41, 5.74) is 9.63. The van der Waals surface area contributed by atoms with Gasteiger partial charge in [-0.1, -0.05) is 11.6 Å². The molecular weight excluding hydrogens is 387 g/mol. The van der Waals surface area contributed by atoms with E-state index < -0.39 is 11.6 Å². The Kier molecular flexibility index (Phi) is 5.50. The first-order valence-corrected chi connectivity index (χ1v) is 9.71. The lowest BCUT2D eigenvalue weighted by molar-refractivity contribution is -0.112. The number of halogens is 1. The Morgan fingerprint density at radius 1 is 1.17 bits per heavy atom. The molecule has 7 heteroatoms. The van der Waals surface area contributed by atoms with Gasteiger partial charge in [-0.25, -0.2) is 9.37 Å². The van der Waals surface area contributed by atoms with Crippen molar-refractivity contribution in [3.8, 4) is 17.4 Å². The van der Waals surface area contributed by atoms with Gasteiger partial charge in [0, 0.05) is 16.7 Å². The van der Waals surface area contributed by atoms with Crippen LogP contribution in [0.5, 0.6) is 17.4 Å². The van der Waals surface area contributed by atoms with Crippen molar-refractivity contribution in [3.05, 3.63) is 51.2 Å². The Hall–Kier alpha value is -3.09. The van der Waals surface area contributed by atoms with Crippen LogP contribution in [-0.4, -0.2) is 22.8 Å². The number of pyridine rings is 1. The maximum Gasteiger partial charge on any atom is 0.260 e. The summed E-state index contributed by atoms with van der Waals surface area (Å²) in [7, 11) is 0. The topological polar surface area (TPSA) is 94.7 Å². The molecule has 30 heavy (non-hydrogen) atoms. The number of hydrogen-bond acceptors (Lipinski definition) is 5. The molecule has 0 atom stereocenters. The van der Waals surface area contributed by atoms with E-state index in [0.717, 1.165) is 16.7 Å². The van der Waals surface area contributed by atoms with Gasteiger partial charge in [0.2, 0.25) is 12.7 Å². The molecule has 0 spiro atoms. The molecule has 0 radical (unpaired) electrons. The fourth-order valence-corrected chi connectivity index (χ4v) is 3.70. The Bertz CT molecular complexity index is 1040. The Labute approximate surface area is 175 Å². The summed E-state index contributed by atoms with van der Waals surface area (Å²) in [5.74, 6) is 0.585. The van der Waals surface area contributed by atoms with Gasteiger partial charge < -0.3 is 20.3 Å². The number of nitrogens with two attached hydrogens (primary N) is 1. The average Bonchev–Trinajstić information content (AvgIpc) is 3.25. The van der Waals surface area contributed by atoms with E-state index in [1.165, 1.54) is 25.0 Å². The van der Waals surface area contributed by atoms with Crippen LogP contribution < -0.4 is 15.2 Å². The molecular formula is C23H27FN2O4. The third-order valence-electron chi connectivity index (χ3n) is 5.58. The molecule has 3 N–H and O–H groups in total. The number of aromatic hydroxyl groups is 1. The van der Waals surface area contributed by atoms with Crippen LogP contribution in [0.3, 0.4) is 0 Å². The van der Waals surface area contributed by atoms with Gasteiger partial charge in [0.1, 0.15) is 11.4 Å². The molecule has 0 saturated heterocycles. The Morgan fingerprint density at radius 3 is 2.40 bits per heavy atom. The summed E-state index contributed by atoms with van der Waals surface area (Å²) in [6.45, 7) is 10.6. The zero-order chi connectivity index (χ0) is 22.4. The molecule has 0 fully saturated rings. The molecule has 2 heterocycles. The van der Waals surface area contributed by atoms with Gasteiger partial charge in [-0.05, 0) is 70.7 Å². The summed E-state index contributed by atoms with van der Waals surface area (Å²) < 4.78 is 25.1.